The molecule has 29 heavy (non-hydrogen) atoms. The summed E-state index contributed by atoms with van der Waals surface area (Å²) in [5.74, 6) is -2.04. The molecule has 3 rings (SSSR count). The van der Waals surface area contributed by atoms with E-state index in [9.17, 15) is 19.2 Å². The molecule has 0 saturated carbocycles. The summed E-state index contributed by atoms with van der Waals surface area (Å²) in [5.41, 5.74) is 5.09. The van der Waals surface area contributed by atoms with Crippen LogP contribution in [0.15, 0.2) is 11.1 Å². The summed E-state index contributed by atoms with van der Waals surface area (Å²) < 4.78 is 22.8. The number of nitrogen functional groups attached to an aromatic ring is 1. The van der Waals surface area contributed by atoms with Crippen molar-refractivity contribution in [2.45, 2.75) is 45.3 Å². The minimum Gasteiger partial charge on any atom is -0.463 e. The summed E-state index contributed by atoms with van der Waals surface area (Å²) >= 11 is 0. The molecule has 0 bridgehead atoms. The zero-order chi connectivity index (χ0) is 21.3. The molecule has 1 saturated heterocycles. The van der Waals surface area contributed by atoms with Gasteiger partial charge in [0.1, 0.15) is 12.7 Å². The van der Waals surface area contributed by atoms with Crippen molar-refractivity contribution in [1.29, 1.82) is 0 Å². The molecule has 156 valence electrons. The first-order valence-electron chi connectivity index (χ1n) is 8.53. The van der Waals surface area contributed by atoms with E-state index in [-0.39, 0.29) is 23.7 Å². The number of carbonyl (C=O) groups is 3. The van der Waals surface area contributed by atoms with Crippen LogP contribution in [0, 0.1) is 0 Å². The predicted octanol–water partition coefficient (Wildman–Crippen LogP) is -0.974. The van der Waals surface area contributed by atoms with Gasteiger partial charge in [0.2, 0.25) is 5.95 Å². The molecule has 13 nitrogen and oxygen atoms in total. The first-order chi connectivity index (χ1) is 13.7. The van der Waals surface area contributed by atoms with Crippen LogP contribution < -0.4 is 11.3 Å². The molecule has 0 aliphatic carbocycles. The highest BCUT2D eigenvalue weighted by Gasteiger charge is 2.51. The summed E-state index contributed by atoms with van der Waals surface area (Å²) in [7, 11) is 0. The Morgan fingerprint density at radius 3 is 2.48 bits per heavy atom. The number of imidazole rings is 1. The highest BCUT2D eigenvalue weighted by Crippen LogP contribution is 2.35. The molecule has 2 aromatic rings. The minimum atomic E-state index is -1.13. The van der Waals surface area contributed by atoms with Crippen molar-refractivity contribution in [3.8, 4) is 0 Å². The standard InChI is InChI=1S/C16H19N5O8/c1-6(22)26-4-9-11(27-7(2)23)12(28-8(3)24)15(29-9)21-5-18-10-13(21)19-16(17)20-14(10)25/h5,9,11-12,15H,4H2,1-3H3,(H3,17,19,20,25)/t9-,11-,12-,15-/m1/s1/i25+1. The van der Waals surface area contributed by atoms with E-state index in [0.717, 1.165) is 0 Å². The molecule has 0 spiro atoms. The second kappa shape index (κ2) is 7.87. The molecule has 1 aliphatic heterocycles. The molecule has 0 radical (unpaired) electrons. The first-order valence-corrected chi connectivity index (χ1v) is 8.53. The van der Waals surface area contributed by atoms with E-state index in [1.54, 1.807) is 0 Å². The van der Waals surface area contributed by atoms with Crippen molar-refractivity contribution in [2.75, 3.05) is 12.3 Å². The Bertz CT molecular complexity index is 1010. The van der Waals surface area contributed by atoms with Gasteiger partial charge in [0.25, 0.3) is 5.56 Å². The number of aromatic amines is 1. The molecule has 0 amide bonds. The Hall–Kier alpha value is -3.48. The van der Waals surface area contributed by atoms with Crippen molar-refractivity contribution >= 4 is 35.0 Å². The predicted molar refractivity (Wildman–Crippen MR) is 94.2 cm³/mol. The Morgan fingerprint density at radius 1 is 1.21 bits per heavy atom. The molecule has 3 N–H and O–H groups in total. The van der Waals surface area contributed by atoms with Gasteiger partial charge >= 0.3 is 17.9 Å². The van der Waals surface area contributed by atoms with Crippen LogP contribution in [-0.4, -0.2) is 62.3 Å². The van der Waals surface area contributed by atoms with Gasteiger partial charge in [-0.3, -0.25) is 28.7 Å². The summed E-state index contributed by atoms with van der Waals surface area (Å²) in [6.45, 7) is 3.30. The van der Waals surface area contributed by atoms with Crippen LogP contribution in [-0.2, 0) is 33.3 Å². The number of nitrogens with two attached hydrogens (primary N) is 1. The molecular formula is C16H19N5O8. The van der Waals surface area contributed by atoms with Crippen molar-refractivity contribution < 1.29 is 33.3 Å². The average molecular weight is 410 g/mol. The SMILES string of the molecule is CC(=O)OC[C@H]1O[C@@H](n2cnc3c(=[17O])[nH]c(N)nc32)[C@H](OC(C)=O)[C@@H]1OC(C)=O. The molecule has 13 heteroatoms. The third kappa shape index (κ3) is 4.18. The average Bonchev–Trinajstić information content (AvgIpc) is 3.15. The van der Waals surface area contributed by atoms with E-state index in [4.69, 9.17) is 24.7 Å². The van der Waals surface area contributed by atoms with Gasteiger partial charge in [-0.25, -0.2) is 4.98 Å². The molecular weight excluding hydrogens is 391 g/mol. The first kappa shape index (κ1) is 20.3. The fourth-order valence-electron chi connectivity index (χ4n) is 3.05. The summed E-state index contributed by atoms with van der Waals surface area (Å²) in [4.78, 5) is 56.9. The lowest BCUT2D eigenvalue weighted by Gasteiger charge is -2.23. The van der Waals surface area contributed by atoms with Crippen LogP contribution >= 0.6 is 0 Å². The minimum absolute atomic E-state index is 0.0168. The molecule has 0 unspecified atom stereocenters. The van der Waals surface area contributed by atoms with E-state index >= 15 is 0 Å². The Kier molecular flexibility index (Phi) is 5.50. The summed E-state index contributed by atoms with van der Waals surface area (Å²) in [6.07, 6.45) is -2.99. The molecule has 1 fully saturated rings. The van der Waals surface area contributed by atoms with Crippen LogP contribution in [0.25, 0.3) is 11.2 Å². The van der Waals surface area contributed by atoms with Crippen molar-refractivity contribution in [3.05, 3.63) is 16.7 Å². The van der Waals surface area contributed by atoms with E-state index in [2.05, 4.69) is 15.0 Å². The van der Waals surface area contributed by atoms with Gasteiger partial charge in [-0.2, -0.15) is 4.98 Å². The summed E-state index contributed by atoms with van der Waals surface area (Å²) in [6, 6.07) is 0. The van der Waals surface area contributed by atoms with Crippen LogP contribution in [0.4, 0.5) is 5.95 Å². The van der Waals surface area contributed by atoms with E-state index in [0.29, 0.717) is 0 Å². The molecule has 1 aliphatic rings. The van der Waals surface area contributed by atoms with Gasteiger partial charge in [-0.1, -0.05) is 0 Å². The second-order valence-electron chi connectivity index (χ2n) is 6.29. The third-order valence-electron chi connectivity index (χ3n) is 4.07. The number of fused-ring (bicyclic) bond motifs is 1. The number of ether oxygens (including phenoxy) is 4. The third-order valence-corrected chi connectivity index (χ3v) is 4.07. The lowest BCUT2D eigenvalue weighted by molar-refractivity contribution is -0.166. The van der Waals surface area contributed by atoms with Crippen molar-refractivity contribution in [1.82, 2.24) is 19.5 Å². The largest absolute Gasteiger partial charge is 0.463 e. The maximum atomic E-state index is 12.0. The number of rotatable bonds is 5. The van der Waals surface area contributed by atoms with Gasteiger partial charge < -0.3 is 24.7 Å². The number of hydrogen-bond donors (Lipinski definition) is 2. The lowest BCUT2D eigenvalue weighted by atomic mass is 10.1. The highest BCUT2D eigenvalue weighted by molar-refractivity contribution is 5.71. The molecule has 0 aromatic carbocycles. The fourth-order valence-corrected chi connectivity index (χ4v) is 3.05. The van der Waals surface area contributed by atoms with Crippen LogP contribution in [0.1, 0.15) is 27.0 Å². The van der Waals surface area contributed by atoms with Gasteiger partial charge in [0.05, 0.1) is 6.33 Å². The molecule has 3 heterocycles. The Balaban J connectivity index is 2.05. The number of nitrogens with one attached hydrogen (secondary N) is 1. The van der Waals surface area contributed by atoms with Crippen molar-refractivity contribution in [2.24, 2.45) is 0 Å². The van der Waals surface area contributed by atoms with E-state index in [1.165, 1.54) is 31.7 Å². The maximum Gasteiger partial charge on any atom is 0.303 e. The van der Waals surface area contributed by atoms with Gasteiger partial charge in [0.15, 0.2) is 29.6 Å². The van der Waals surface area contributed by atoms with Gasteiger partial charge in [-0.05, 0) is 0 Å². The molecule has 4 atom stereocenters. The maximum absolute atomic E-state index is 12.0. The Morgan fingerprint density at radius 2 is 1.86 bits per heavy atom. The monoisotopic (exact) mass is 410 g/mol. The molecule has 2 aromatic heterocycles. The quantitative estimate of drug-likeness (QED) is 0.457. The number of nitrogens with zero attached hydrogens (tertiary/aromatic N) is 3. The Labute approximate surface area is 163 Å². The van der Waals surface area contributed by atoms with Crippen LogP contribution in [0.3, 0.4) is 0 Å². The fraction of sp³-hybridized carbons (Fsp3) is 0.500. The smallest absolute Gasteiger partial charge is 0.303 e. The lowest BCUT2D eigenvalue weighted by Crippen LogP contribution is -2.40. The van der Waals surface area contributed by atoms with E-state index in [1.807, 2.05) is 0 Å². The highest BCUT2D eigenvalue weighted by atomic mass is 17.1. The number of hydrogen-bond acceptors (Lipinski definition) is 11. The van der Waals surface area contributed by atoms with Gasteiger partial charge in [0, 0.05) is 20.8 Å². The van der Waals surface area contributed by atoms with Gasteiger partial charge in [-0.15, -0.1) is 0 Å². The zero-order valence-electron chi connectivity index (χ0n) is 15.8. The normalized spacial score (nSPS) is 23.7. The number of anilines is 1. The summed E-state index contributed by atoms with van der Waals surface area (Å²) in [5, 5.41) is 0. The zero-order valence-corrected chi connectivity index (χ0v) is 15.8. The van der Waals surface area contributed by atoms with Crippen LogP contribution in [0.5, 0.6) is 0 Å². The van der Waals surface area contributed by atoms with E-state index < -0.39 is 48.0 Å². The number of carbonyl (C=O) groups excluding carboxylic acids is 3. The van der Waals surface area contributed by atoms with Crippen molar-refractivity contribution in [3.63, 3.8) is 0 Å². The second-order valence-corrected chi connectivity index (χ2v) is 6.29. The van der Waals surface area contributed by atoms with Crippen LogP contribution in [0.2, 0.25) is 0 Å². The topological polar surface area (TPSA) is 178 Å². The number of esters is 3. The number of aromatic nitrogens is 4. The number of H-pyrrole nitrogens is 1.